The van der Waals surface area contributed by atoms with Crippen LogP contribution in [0.1, 0.15) is 5.56 Å². The summed E-state index contributed by atoms with van der Waals surface area (Å²) in [5.41, 5.74) is -0.305. The largest absolute Gasteiger partial charge is 0.417 e. The monoisotopic (exact) mass is 412 g/mol. The summed E-state index contributed by atoms with van der Waals surface area (Å²) in [5, 5.41) is 0.410. The molecule has 0 atom stereocenters. The highest BCUT2D eigenvalue weighted by Crippen LogP contribution is 2.34. The molecule has 3 aromatic rings. The van der Waals surface area contributed by atoms with Crippen LogP contribution in [0.4, 0.5) is 19.0 Å². The van der Waals surface area contributed by atoms with Crippen LogP contribution in [0.15, 0.2) is 71.6 Å². The summed E-state index contributed by atoms with van der Waals surface area (Å²) in [6, 6.07) is 15.2. The van der Waals surface area contributed by atoms with Gasteiger partial charge in [-0.2, -0.15) is 13.2 Å². The minimum Gasteiger partial charge on any atom is -0.263 e. The molecular weight excluding hydrogens is 401 g/mol. The molecule has 27 heavy (non-hydrogen) atoms. The van der Waals surface area contributed by atoms with Gasteiger partial charge in [-0.15, -0.1) is 0 Å². The molecule has 140 valence electrons. The Bertz CT molecular complexity index is 1090. The van der Waals surface area contributed by atoms with E-state index in [0.717, 1.165) is 12.1 Å². The zero-order valence-electron chi connectivity index (χ0n) is 13.5. The molecule has 0 fully saturated rings. The van der Waals surface area contributed by atoms with Crippen molar-refractivity contribution in [2.45, 2.75) is 11.1 Å². The Kier molecular flexibility index (Phi) is 5.12. The molecule has 0 spiro atoms. The number of benzene rings is 2. The minimum absolute atomic E-state index is 0.121. The van der Waals surface area contributed by atoms with E-state index in [1.165, 1.54) is 18.2 Å². The van der Waals surface area contributed by atoms with Crippen LogP contribution in [-0.4, -0.2) is 13.4 Å². The third-order valence-electron chi connectivity index (χ3n) is 3.62. The molecule has 0 aliphatic rings. The van der Waals surface area contributed by atoms with E-state index in [1.54, 1.807) is 30.3 Å². The summed E-state index contributed by atoms with van der Waals surface area (Å²) in [6.07, 6.45) is -4.81. The van der Waals surface area contributed by atoms with Crippen molar-refractivity contribution < 1.29 is 21.6 Å². The average Bonchev–Trinajstić information content (AvgIpc) is 2.61. The van der Waals surface area contributed by atoms with E-state index in [2.05, 4.69) is 9.71 Å². The zero-order chi connectivity index (χ0) is 19.7. The second kappa shape index (κ2) is 7.21. The van der Waals surface area contributed by atoms with E-state index in [4.69, 9.17) is 11.6 Å². The third kappa shape index (κ3) is 4.23. The highest BCUT2D eigenvalue weighted by atomic mass is 35.5. The third-order valence-corrected chi connectivity index (χ3v) is 5.36. The number of anilines is 1. The number of halogens is 4. The summed E-state index contributed by atoms with van der Waals surface area (Å²) in [5.74, 6) is -0.121. The standard InChI is InChI=1S/C18H12ClF3N2O2S/c19-14-8-3-1-6-12(14)15-9-5-11-17(23-15)24-27(25,26)16-10-4-2-7-13(16)18(20,21)22/h1-11H,(H,23,24). The van der Waals surface area contributed by atoms with E-state index in [0.29, 0.717) is 22.3 Å². The number of pyridine rings is 1. The van der Waals surface area contributed by atoms with Crippen molar-refractivity contribution in [1.29, 1.82) is 0 Å². The Morgan fingerprint density at radius 3 is 2.26 bits per heavy atom. The van der Waals surface area contributed by atoms with Gasteiger partial charge < -0.3 is 0 Å². The predicted molar refractivity (Wildman–Crippen MR) is 96.9 cm³/mol. The summed E-state index contributed by atoms with van der Waals surface area (Å²) in [4.78, 5) is 3.28. The highest BCUT2D eigenvalue weighted by molar-refractivity contribution is 7.92. The van der Waals surface area contributed by atoms with Gasteiger partial charge in [0, 0.05) is 10.6 Å². The SMILES string of the molecule is O=S(=O)(Nc1cccc(-c2ccccc2Cl)n1)c1ccccc1C(F)(F)F. The van der Waals surface area contributed by atoms with Crippen LogP contribution in [0.25, 0.3) is 11.3 Å². The number of hydrogen-bond acceptors (Lipinski definition) is 3. The summed E-state index contributed by atoms with van der Waals surface area (Å²) in [7, 11) is -4.50. The van der Waals surface area contributed by atoms with Gasteiger partial charge in [-0.05, 0) is 30.3 Å². The lowest BCUT2D eigenvalue weighted by Crippen LogP contribution is -2.19. The van der Waals surface area contributed by atoms with Gasteiger partial charge in [0.2, 0.25) is 0 Å². The van der Waals surface area contributed by atoms with Crippen molar-refractivity contribution in [1.82, 2.24) is 4.98 Å². The van der Waals surface area contributed by atoms with Crippen molar-refractivity contribution in [2.75, 3.05) is 4.72 Å². The molecular formula is C18H12ClF3N2O2S. The normalized spacial score (nSPS) is 12.0. The van der Waals surface area contributed by atoms with Crippen molar-refractivity contribution in [2.24, 2.45) is 0 Å². The first-order valence-corrected chi connectivity index (χ1v) is 9.45. The molecule has 4 nitrogen and oxygen atoms in total. The molecule has 3 rings (SSSR count). The lowest BCUT2D eigenvalue weighted by atomic mass is 10.1. The average molecular weight is 413 g/mol. The first-order chi connectivity index (χ1) is 12.7. The number of hydrogen-bond donors (Lipinski definition) is 1. The second-order valence-electron chi connectivity index (χ2n) is 5.49. The van der Waals surface area contributed by atoms with Gasteiger partial charge in [-0.1, -0.05) is 48.0 Å². The Morgan fingerprint density at radius 2 is 1.56 bits per heavy atom. The van der Waals surface area contributed by atoms with Gasteiger partial charge >= 0.3 is 6.18 Å². The Balaban J connectivity index is 1.99. The number of nitrogens with zero attached hydrogens (tertiary/aromatic N) is 1. The lowest BCUT2D eigenvalue weighted by molar-refractivity contribution is -0.139. The smallest absolute Gasteiger partial charge is 0.263 e. The van der Waals surface area contributed by atoms with Crippen LogP contribution in [-0.2, 0) is 16.2 Å². The van der Waals surface area contributed by atoms with Crippen molar-refractivity contribution >= 4 is 27.4 Å². The zero-order valence-corrected chi connectivity index (χ0v) is 15.1. The number of aromatic nitrogens is 1. The molecule has 0 aliphatic heterocycles. The minimum atomic E-state index is -4.81. The number of rotatable bonds is 4. The molecule has 0 saturated carbocycles. The van der Waals surface area contributed by atoms with Crippen LogP contribution < -0.4 is 4.72 Å². The molecule has 9 heteroatoms. The van der Waals surface area contributed by atoms with Crippen molar-refractivity contribution in [3.8, 4) is 11.3 Å². The van der Waals surface area contributed by atoms with E-state index in [-0.39, 0.29) is 5.82 Å². The van der Waals surface area contributed by atoms with Crippen LogP contribution >= 0.6 is 11.6 Å². The summed E-state index contributed by atoms with van der Waals surface area (Å²) in [6.45, 7) is 0. The van der Waals surface area contributed by atoms with E-state index < -0.39 is 26.7 Å². The predicted octanol–water partition coefficient (Wildman–Crippen LogP) is 5.22. The molecule has 1 aromatic heterocycles. The van der Waals surface area contributed by atoms with E-state index in [9.17, 15) is 21.6 Å². The fourth-order valence-electron chi connectivity index (χ4n) is 2.44. The Hall–Kier alpha value is -2.58. The Morgan fingerprint density at radius 1 is 0.889 bits per heavy atom. The molecule has 0 unspecified atom stereocenters. The molecule has 0 aliphatic carbocycles. The molecule has 0 bridgehead atoms. The molecule has 1 heterocycles. The van der Waals surface area contributed by atoms with Gasteiger partial charge in [-0.25, -0.2) is 13.4 Å². The highest BCUT2D eigenvalue weighted by Gasteiger charge is 2.37. The maximum absolute atomic E-state index is 13.1. The van der Waals surface area contributed by atoms with Crippen molar-refractivity contribution in [3.05, 3.63) is 77.3 Å². The number of alkyl halides is 3. The molecule has 0 amide bonds. The van der Waals surface area contributed by atoms with Gasteiger partial charge in [0.05, 0.1) is 16.2 Å². The van der Waals surface area contributed by atoms with Gasteiger partial charge in [0.1, 0.15) is 5.82 Å². The maximum Gasteiger partial charge on any atom is 0.417 e. The quantitative estimate of drug-likeness (QED) is 0.639. The number of sulfonamides is 1. The Labute approximate surface area is 158 Å². The van der Waals surface area contributed by atoms with Crippen LogP contribution in [0, 0.1) is 0 Å². The van der Waals surface area contributed by atoms with Crippen LogP contribution in [0.3, 0.4) is 0 Å². The maximum atomic E-state index is 13.1. The van der Waals surface area contributed by atoms with Crippen molar-refractivity contribution in [3.63, 3.8) is 0 Å². The molecule has 0 saturated heterocycles. The second-order valence-corrected chi connectivity index (χ2v) is 7.55. The first-order valence-electron chi connectivity index (χ1n) is 7.59. The lowest BCUT2D eigenvalue weighted by Gasteiger charge is -2.14. The summed E-state index contributed by atoms with van der Waals surface area (Å²) < 4.78 is 66.5. The van der Waals surface area contributed by atoms with Crippen LogP contribution in [0.5, 0.6) is 0 Å². The summed E-state index contributed by atoms with van der Waals surface area (Å²) >= 11 is 6.11. The number of nitrogens with one attached hydrogen (secondary N) is 1. The first kappa shape index (κ1) is 19.2. The molecule has 2 aromatic carbocycles. The van der Waals surface area contributed by atoms with E-state index >= 15 is 0 Å². The van der Waals surface area contributed by atoms with Gasteiger partial charge in [0.15, 0.2) is 0 Å². The van der Waals surface area contributed by atoms with Gasteiger partial charge in [0.25, 0.3) is 10.0 Å². The van der Waals surface area contributed by atoms with Gasteiger partial charge in [-0.3, -0.25) is 4.72 Å². The molecule has 0 radical (unpaired) electrons. The van der Waals surface area contributed by atoms with Crippen LogP contribution in [0.2, 0.25) is 5.02 Å². The molecule has 1 N–H and O–H groups in total. The fraction of sp³-hybridized carbons (Fsp3) is 0.0556. The topological polar surface area (TPSA) is 59.1 Å². The van der Waals surface area contributed by atoms with E-state index in [1.807, 2.05) is 0 Å². The fourth-order valence-corrected chi connectivity index (χ4v) is 3.90.